The van der Waals surface area contributed by atoms with Crippen molar-refractivity contribution in [2.75, 3.05) is 21.1 Å². The standard InChI is InChI=1S/C12H11F12N2O2P2/c1-26(2,3)6-4-7(27-29(9(13,14)15)10(16,17)18)25-8(5-6)28-30(11(19,20)21)12(22,23)24/h4-5H,1-3H3/q+1. The maximum absolute atomic E-state index is 12.7. The molecule has 0 aliphatic carbocycles. The summed E-state index contributed by atoms with van der Waals surface area (Å²) >= 11 is 0. The first-order valence-electron chi connectivity index (χ1n) is 7.10. The van der Waals surface area contributed by atoms with Gasteiger partial charge in [-0.05, 0) is 0 Å². The van der Waals surface area contributed by atoms with Gasteiger partial charge in [-0.2, -0.15) is 57.7 Å². The second kappa shape index (κ2) is 8.34. The number of nitrogens with zero attached hydrogens (tertiary/aromatic N) is 2. The van der Waals surface area contributed by atoms with E-state index in [-0.39, 0.29) is 5.69 Å². The molecular formula is C12H11F12N2O2P2+. The Labute approximate surface area is 163 Å². The smallest absolute Gasteiger partial charge is 0.439 e. The number of hydrogen-bond acceptors (Lipinski definition) is 3. The quantitative estimate of drug-likeness (QED) is 0.248. The van der Waals surface area contributed by atoms with Crippen LogP contribution in [0.1, 0.15) is 0 Å². The topological polar surface area (TPSA) is 31.4 Å². The van der Waals surface area contributed by atoms with Crippen molar-refractivity contribution < 1.29 is 61.7 Å². The van der Waals surface area contributed by atoms with Crippen molar-refractivity contribution in [3.8, 4) is 11.8 Å². The van der Waals surface area contributed by atoms with Gasteiger partial charge in [0.1, 0.15) is 5.69 Å². The number of rotatable bonds is 5. The van der Waals surface area contributed by atoms with Crippen LogP contribution < -0.4 is 13.5 Å². The fourth-order valence-corrected chi connectivity index (χ4v) is 3.18. The lowest BCUT2D eigenvalue weighted by Crippen LogP contribution is -2.34. The third-order valence-electron chi connectivity index (χ3n) is 2.83. The summed E-state index contributed by atoms with van der Waals surface area (Å²) in [5.74, 6) is -26.8. The molecule has 174 valence electrons. The van der Waals surface area contributed by atoms with E-state index in [9.17, 15) is 52.7 Å². The number of halogens is 12. The van der Waals surface area contributed by atoms with E-state index >= 15 is 0 Å². The van der Waals surface area contributed by atoms with Gasteiger partial charge < -0.3 is 9.05 Å². The lowest BCUT2D eigenvalue weighted by molar-refractivity contribution is -0.0941. The van der Waals surface area contributed by atoms with Crippen molar-refractivity contribution in [3.05, 3.63) is 12.1 Å². The Morgan fingerprint density at radius 3 is 1.10 bits per heavy atom. The molecule has 0 saturated carbocycles. The Balaban J connectivity index is 3.50. The van der Waals surface area contributed by atoms with E-state index in [1.807, 2.05) is 0 Å². The fraction of sp³-hybridized carbons (Fsp3) is 0.583. The van der Waals surface area contributed by atoms with Gasteiger partial charge in [0, 0.05) is 0 Å². The summed E-state index contributed by atoms with van der Waals surface area (Å²) in [4.78, 5) is 2.86. The molecule has 0 N–H and O–H groups in total. The number of hydrogen-bond donors (Lipinski definition) is 0. The largest absolute Gasteiger partial charge is 0.451 e. The van der Waals surface area contributed by atoms with Crippen LogP contribution in [0, 0.1) is 0 Å². The molecule has 1 aromatic heterocycles. The first-order valence-corrected chi connectivity index (χ1v) is 9.62. The van der Waals surface area contributed by atoms with E-state index in [1.54, 1.807) is 0 Å². The summed E-state index contributed by atoms with van der Waals surface area (Å²) in [6.45, 7) is 0. The summed E-state index contributed by atoms with van der Waals surface area (Å²) in [5.41, 5.74) is -0.339. The van der Waals surface area contributed by atoms with Crippen molar-refractivity contribution in [3.63, 3.8) is 0 Å². The molecule has 4 nitrogen and oxygen atoms in total. The molecule has 0 aliphatic rings. The lowest BCUT2D eigenvalue weighted by Gasteiger charge is -2.27. The average Bonchev–Trinajstić information content (AvgIpc) is 2.44. The Morgan fingerprint density at radius 1 is 0.633 bits per heavy atom. The Hall–Kier alpha value is -1.27. The molecule has 0 atom stereocenters. The van der Waals surface area contributed by atoms with Gasteiger partial charge in [0.15, 0.2) is 0 Å². The van der Waals surface area contributed by atoms with Crippen LogP contribution in [0.15, 0.2) is 12.1 Å². The molecule has 1 rings (SSSR count). The van der Waals surface area contributed by atoms with Gasteiger partial charge in [0.25, 0.3) is 0 Å². The third kappa shape index (κ3) is 7.45. The Morgan fingerprint density at radius 2 is 0.900 bits per heavy atom. The van der Waals surface area contributed by atoms with Gasteiger partial charge in [-0.15, -0.1) is 0 Å². The van der Waals surface area contributed by atoms with Gasteiger partial charge in [-0.1, -0.05) is 0 Å². The highest BCUT2D eigenvalue weighted by Gasteiger charge is 2.62. The van der Waals surface area contributed by atoms with Crippen LogP contribution in [-0.4, -0.2) is 49.8 Å². The second-order valence-corrected chi connectivity index (χ2v) is 9.73. The molecule has 0 amide bonds. The minimum absolute atomic E-state index is 0.339. The van der Waals surface area contributed by atoms with Crippen molar-refractivity contribution in [1.82, 2.24) is 9.47 Å². The molecule has 1 heterocycles. The zero-order valence-electron chi connectivity index (χ0n) is 14.8. The number of aromatic nitrogens is 1. The van der Waals surface area contributed by atoms with E-state index in [1.165, 1.54) is 21.1 Å². The van der Waals surface area contributed by atoms with Crippen LogP contribution in [0.2, 0.25) is 0 Å². The van der Waals surface area contributed by atoms with Crippen LogP contribution >= 0.6 is 16.3 Å². The zero-order valence-corrected chi connectivity index (χ0v) is 16.6. The van der Waals surface area contributed by atoms with Crippen LogP contribution in [0.5, 0.6) is 11.8 Å². The van der Waals surface area contributed by atoms with Crippen LogP contribution in [0.4, 0.5) is 58.4 Å². The molecule has 1 aromatic rings. The molecule has 0 aromatic carbocycles. The molecule has 0 fully saturated rings. The minimum Gasteiger partial charge on any atom is -0.439 e. The average molecular weight is 505 g/mol. The highest BCUT2D eigenvalue weighted by molar-refractivity contribution is 7.55. The number of alkyl halides is 12. The minimum atomic E-state index is -5.94. The summed E-state index contributed by atoms with van der Waals surface area (Å²) in [7, 11) is -6.60. The first kappa shape index (κ1) is 26.8. The highest BCUT2D eigenvalue weighted by Crippen LogP contribution is 2.66. The number of pyridine rings is 1. The van der Waals surface area contributed by atoms with Gasteiger partial charge >= 0.3 is 40.0 Å². The zero-order chi connectivity index (χ0) is 23.9. The summed E-state index contributed by atoms with van der Waals surface area (Å²) in [5, 5.41) is 0. The fourth-order valence-electron chi connectivity index (χ4n) is 1.63. The highest BCUT2D eigenvalue weighted by atomic mass is 31.1. The molecule has 18 heteroatoms. The van der Waals surface area contributed by atoms with E-state index in [0.717, 1.165) is 0 Å². The molecule has 0 spiro atoms. The van der Waals surface area contributed by atoms with Gasteiger partial charge in [-0.3, -0.25) is 4.48 Å². The van der Waals surface area contributed by atoms with Gasteiger partial charge in [0.2, 0.25) is 11.8 Å². The molecule has 0 saturated heterocycles. The maximum Gasteiger partial charge on any atom is 0.451 e. The van der Waals surface area contributed by atoms with Crippen LogP contribution in [0.3, 0.4) is 0 Å². The molecule has 0 bridgehead atoms. The van der Waals surface area contributed by atoms with Gasteiger partial charge in [-0.25, -0.2) is 0 Å². The van der Waals surface area contributed by atoms with Crippen molar-refractivity contribution in [2.45, 2.75) is 23.7 Å². The predicted octanol–water partition coefficient (Wildman–Crippen LogP) is 6.91. The monoisotopic (exact) mass is 505 g/mol. The SMILES string of the molecule is C[N+](C)(C)c1cc(OP(C(F)(F)F)C(F)(F)F)nc(OP(C(F)(F)F)C(F)(F)F)c1. The third-order valence-corrected chi connectivity index (χ3v) is 5.41. The summed E-state index contributed by atoms with van der Waals surface area (Å²) < 4.78 is 159. The Bertz CT molecular complexity index is 659. The van der Waals surface area contributed by atoms with E-state index in [2.05, 4.69) is 14.0 Å². The molecular weight excluding hydrogens is 494 g/mol. The van der Waals surface area contributed by atoms with Crippen LogP contribution in [0.25, 0.3) is 0 Å². The molecule has 0 unspecified atom stereocenters. The van der Waals surface area contributed by atoms with Crippen molar-refractivity contribution in [1.29, 1.82) is 0 Å². The lowest BCUT2D eigenvalue weighted by atomic mass is 10.3. The Kier molecular flexibility index (Phi) is 7.44. The second-order valence-electron chi connectivity index (χ2n) is 6.16. The van der Waals surface area contributed by atoms with E-state index in [0.29, 0.717) is 12.1 Å². The molecule has 0 radical (unpaired) electrons. The number of quaternary nitrogens is 1. The maximum atomic E-state index is 12.7. The van der Waals surface area contributed by atoms with Gasteiger partial charge in [0.05, 0.1) is 33.3 Å². The summed E-state index contributed by atoms with van der Waals surface area (Å²) in [6.07, 6.45) is 0. The van der Waals surface area contributed by atoms with Crippen molar-refractivity contribution >= 4 is 22.0 Å². The summed E-state index contributed by atoms with van der Waals surface area (Å²) in [6, 6.07) is 1.03. The molecule has 0 aliphatic heterocycles. The van der Waals surface area contributed by atoms with Crippen LogP contribution in [-0.2, 0) is 0 Å². The van der Waals surface area contributed by atoms with E-state index in [4.69, 9.17) is 0 Å². The first-order chi connectivity index (χ1) is 13.0. The molecule has 30 heavy (non-hydrogen) atoms. The predicted molar refractivity (Wildman–Crippen MR) is 83.1 cm³/mol. The van der Waals surface area contributed by atoms with Crippen molar-refractivity contribution in [2.24, 2.45) is 0 Å². The normalized spacial score (nSPS) is 14.4. The van der Waals surface area contributed by atoms with E-state index < -0.39 is 56.2 Å².